The standard InChI is InChI=1S/C11H19NO/c12-11(7-2-1-3-7)9-6-8-4-5-10(9)13-8/h7-11H,1-6,12H2. The van der Waals surface area contributed by atoms with E-state index in [0.29, 0.717) is 24.2 Å². The fraction of sp³-hybridized carbons (Fsp3) is 1.00. The first-order chi connectivity index (χ1) is 6.34. The number of fused-ring (bicyclic) bond motifs is 2. The van der Waals surface area contributed by atoms with E-state index in [1.807, 2.05) is 0 Å². The summed E-state index contributed by atoms with van der Waals surface area (Å²) in [6, 6.07) is 0.448. The van der Waals surface area contributed by atoms with Crippen LogP contribution in [0.25, 0.3) is 0 Å². The Bertz CT molecular complexity index is 202. The summed E-state index contributed by atoms with van der Waals surface area (Å²) in [7, 11) is 0. The highest BCUT2D eigenvalue weighted by atomic mass is 16.5. The second kappa shape index (κ2) is 2.96. The molecule has 0 aromatic heterocycles. The molecule has 0 aromatic carbocycles. The van der Waals surface area contributed by atoms with Crippen LogP contribution in [0.15, 0.2) is 0 Å². The van der Waals surface area contributed by atoms with Gasteiger partial charge in [-0.05, 0) is 38.0 Å². The van der Waals surface area contributed by atoms with Crippen LogP contribution in [0.3, 0.4) is 0 Å². The van der Waals surface area contributed by atoms with Gasteiger partial charge in [-0.25, -0.2) is 0 Å². The maximum atomic E-state index is 6.29. The minimum absolute atomic E-state index is 0.448. The molecule has 4 unspecified atom stereocenters. The molecular weight excluding hydrogens is 162 g/mol. The van der Waals surface area contributed by atoms with E-state index in [1.165, 1.54) is 38.5 Å². The number of rotatable bonds is 2. The summed E-state index contributed by atoms with van der Waals surface area (Å²) in [6.07, 6.45) is 9.06. The quantitative estimate of drug-likeness (QED) is 0.703. The zero-order valence-electron chi connectivity index (χ0n) is 8.11. The number of nitrogens with two attached hydrogens (primary N) is 1. The van der Waals surface area contributed by atoms with Crippen LogP contribution in [0.2, 0.25) is 0 Å². The fourth-order valence-electron chi connectivity index (χ4n) is 3.26. The highest BCUT2D eigenvalue weighted by molar-refractivity contribution is 4.97. The van der Waals surface area contributed by atoms with Crippen molar-refractivity contribution in [2.75, 3.05) is 0 Å². The SMILES string of the molecule is NC(C1CCC1)C1CC2CCC1O2. The molecule has 74 valence electrons. The first kappa shape index (κ1) is 8.25. The summed E-state index contributed by atoms with van der Waals surface area (Å²) in [4.78, 5) is 0. The molecule has 0 aromatic rings. The largest absolute Gasteiger partial charge is 0.375 e. The second-order valence-corrected chi connectivity index (χ2v) is 5.04. The van der Waals surface area contributed by atoms with Crippen molar-refractivity contribution in [2.45, 2.75) is 56.8 Å². The van der Waals surface area contributed by atoms with E-state index in [4.69, 9.17) is 10.5 Å². The third kappa shape index (κ3) is 1.23. The van der Waals surface area contributed by atoms with Gasteiger partial charge in [-0.15, -0.1) is 0 Å². The van der Waals surface area contributed by atoms with Crippen molar-refractivity contribution in [1.82, 2.24) is 0 Å². The summed E-state index contributed by atoms with van der Waals surface area (Å²) in [5, 5.41) is 0. The average Bonchev–Trinajstić information content (AvgIpc) is 2.59. The summed E-state index contributed by atoms with van der Waals surface area (Å²) in [5.41, 5.74) is 6.29. The topological polar surface area (TPSA) is 35.2 Å². The predicted octanol–water partition coefficient (Wildman–Crippen LogP) is 1.68. The number of hydrogen-bond acceptors (Lipinski definition) is 2. The van der Waals surface area contributed by atoms with Crippen molar-refractivity contribution >= 4 is 0 Å². The summed E-state index contributed by atoms with van der Waals surface area (Å²) < 4.78 is 5.84. The molecule has 2 saturated heterocycles. The fourth-order valence-corrected chi connectivity index (χ4v) is 3.26. The van der Waals surface area contributed by atoms with Crippen LogP contribution in [-0.2, 0) is 4.74 Å². The van der Waals surface area contributed by atoms with Gasteiger partial charge in [0.2, 0.25) is 0 Å². The molecular formula is C11H19NO. The molecule has 2 aliphatic heterocycles. The Hall–Kier alpha value is -0.0800. The molecule has 3 rings (SSSR count). The van der Waals surface area contributed by atoms with Gasteiger partial charge in [0.1, 0.15) is 0 Å². The second-order valence-electron chi connectivity index (χ2n) is 5.04. The van der Waals surface area contributed by atoms with E-state index >= 15 is 0 Å². The molecule has 2 heteroatoms. The lowest BCUT2D eigenvalue weighted by molar-refractivity contribution is 0.0778. The molecule has 2 nitrogen and oxygen atoms in total. The van der Waals surface area contributed by atoms with Gasteiger partial charge < -0.3 is 10.5 Å². The summed E-state index contributed by atoms with van der Waals surface area (Å²) in [6.45, 7) is 0. The predicted molar refractivity (Wildman–Crippen MR) is 51.3 cm³/mol. The van der Waals surface area contributed by atoms with Crippen LogP contribution in [0.1, 0.15) is 38.5 Å². The van der Waals surface area contributed by atoms with Crippen LogP contribution in [0.4, 0.5) is 0 Å². The third-order valence-electron chi connectivity index (χ3n) is 4.34. The van der Waals surface area contributed by atoms with Gasteiger partial charge in [-0.3, -0.25) is 0 Å². The molecule has 3 fully saturated rings. The first-order valence-electron chi connectivity index (χ1n) is 5.75. The Labute approximate surface area is 79.8 Å². The molecule has 0 radical (unpaired) electrons. The zero-order valence-corrected chi connectivity index (χ0v) is 8.11. The third-order valence-corrected chi connectivity index (χ3v) is 4.34. The minimum atomic E-state index is 0.448. The molecule has 3 aliphatic rings. The van der Waals surface area contributed by atoms with Crippen molar-refractivity contribution < 1.29 is 4.74 Å². The van der Waals surface area contributed by atoms with Crippen LogP contribution >= 0.6 is 0 Å². The van der Waals surface area contributed by atoms with E-state index in [9.17, 15) is 0 Å². The smallest absolute Gasteiger partial charge is 0.0623 e. The van der Waals surface area contributed by atoms with Gasteiger partial charge in [0.15, 0.2) is 0 Å². The van der Waals surface area contributed by atoms with Gasteiger partial charge >= 0.3 is 0 Å². The molecule has 2 N–H and O–H groups in total. The monoisotopic (exact) mass is 181 g/mol. The molecule has 2 bridgehead atoms. The van der Waals surface area contributed by atoms with Crippen LogP contribution in [0.5, 0.6) is 0 Å². The van der Waals surface area contributed by atoms with Gasteiger partial charge in [0.25, 0.3) is 0 Å². The van der Waals surface area contributed by atoms with Gasteiger partial charge in [0.05, 0.1) is 12.2 Å². The Morgan fingerprint density at radius 2 is 2.00 bits per heavy atom. The highest BCUT2D eigenvalue weighted by Crippen LogP contribution is 2.44. The lowest BCUT2D eigenvalue weighted by Gasteiger charge is -2.37. The van der Waals surface area contributed by atoms with E-state index in [2.05, 4.69) is 0 Å². The normalized spacial score (nSPS) is 46.4. The molecule has 2 heterocycles. The number of hydrogen-bond donors (Lipinski definition) is 1. The van der Waals surface area contributed by atoms with Crippen molar-refractivity contribution in [3.05, 3.63) is 0 Å². The van der Waals surface area contributed by atoms with Crippen LogP contribution < -0.4 is 5.73 Å². The van der Waals surface area contributed by atoms with Gasteiger partial charge in [-0.1, -0.05) is 6.42 Å². The zero-order chi connectivity index (χ0) is 8.84. The van der Waals surface area contributed by atoms with Crippen molar-refractivity contribution in [3.8, 4) is 0 Å². The lowest BCUT2D eigenvalue weighted by Crippen LogP contribution is -2.44. The van der Waals surface area contributed by atoms with Crippen molar-refractivity contribution in [2.24, 2.45) is 17.6 Å². The maximum Gasteiger partial charge on any atom is 0.0623 e. The van der Waals surface area contributed by atoms with Gasteiger partial charge in [-0.2, -0.15) is 0 Å². The van der Waals surface area contributed by atoms with Gasteiger partial charge in [0, 0.05) is 12.0 Å². The van der Waals surface area contributed by atoms with E-state index in [1.54, 1.807) is 0 Å². The summed E-state index contributed by atoms with van der Waals surface area (Å²) >= 11 is 0. The Balaban J connectivity index is 1.65. The molecule has 0 spiro atoms. The van der Waals surface area contributed by atoms with E-state index in [-0.39, 0.29) is 0 Å². The number of ether oxygens (including phenoxy) is 1. The molecule has 4 atom stereocenters. The van der Waals surface area contributed by atoms with Crippen molar-refractivity contribution in [1.29, 1.82) is 0 Å². The lowest BCUT2D eigenvalue weighted by atomic mass is 9.71. The van der Waals surface area contributed by atoms with E-state index < -0.39 is 0 Å². The minimum Gasteiger partial charge on any atom is -0.375 e. The van der Waals surface area contributed by atoms with Crippen molar-refractivity contribution in [3.63, 3.8) is 0 Å². The average molecular weight is 181 g/mol. The highest BCUT2D eigenvalue weighted by Gasteiger charge is 2.45. The maximum absolute atomic E-state index is 6.29. The molecule has 1 aliphatic carbocycles. The molecule has 13 heavy (non-hydrogen) atoms. The van der Waals surface area contributed by atoms with Crippen LogP contribution in [0, 0.1) is 11.8 Å². The summed E-state index contributed by atoms with van der Waals surface area (Å²) in [5.74, 6) is 1.52. The molecule has 0 amide bonds. The Morgan fingerprint density at radius 1 is 1.15 bits per heavy atom. The first-order valence-corrected chi connectivity index (χ1v) is 5.75. The van der Waals surface area contributed by atoms with Crippen LogP contribution in [-0.4, -0.2) is 18.2 Å². The Morgan fingerprint density at radius 3 is 2.46 bits per heavy atom. The van der Waals surface area contributed by atoms with E-state index in [0.717, 1.165) is 5.92 Å². The molecule has 1 saturated carbocycles. The Kier molecular flexibility index (Phi) is 1.88.